The first-order valence-corrected chi connectivity index (χ1v) is 23.8. The highest BCUT2D eigenvalue weighted by Gasteiger charge is 2.41. The van der Waals surface area contributed by atoms with Gasteiger partial charge in [-0.2, -0.15) is 0 Å². The summed E-state index contributed by atoms with van der Waals surface area (Å²) in [5.41, 5.74) is 11.9. The van der Waals surface area contributed by atoms with E-state index in [-0.39, 0.29) is 0 Å². The average molecular weight is 819 g/mol. The second-order valence-electron chi connectivity index (χ2n) is 16.5. The van der Waals surface area contributed by atoms with Gasteiger partial charge in [-0.1, -0.05) is 206 Å². The van der Waals surface area contributed by atoms with E-state index in [9.17, 15) is 0 Å². The van der Waals surface area contributed by atoms with Crippen molar-refractivity contribution < 1.29 is 0 Å². The summed E-state index contributed by atoms with van der Waals surface area (Å²) in [4.78, 5) is 0. The third-order valence-electron chi connectivity index (χ3n) is 13.1. The molecule has 12 rings (SSSR count). The number of hydrogen-bond acceptors (Lipinski definition) is 0. The number of para-hydroxylation sites is 2. The Morgan fingerprint density at radius 3 is 1.33 bits per heavy atom. The highest BCUT2D eigenvalue weighted by molar-refractivity contribution is 7.20. The van der Waals surface area contributed by atoms with E-state index in [0.29, 0.717) is 0 Å². The van der Waals surface area contributed by atoms with Crippen LogP contribution in [0.3, 0.4) is 0 Å². The monoisotopic (exact) mass is 818 g/mol. The lowest BCUT2D eigenvalue weighted by Crippen LogP contribution is -2.74. The van der Waals surface area contributed by atoms with E-state index in [1.165, 1.54) is 92.3 Å². The highest BCUT2D eigenvalue weighted by Crippen LogP contribution is 2.40. The van der Waals surface area contributed by atoms with Crippen molar-refractivity contribution in [3.05, 3.63) is 255 Å². The molecule has 0 spiro atoms. The molecule has 3 heteroatoms. The summed E-state index contributed by atoms with van der Waals surface area (Å²) in [6.45, 7) is 0. The number of fused-ring (bicyclic) bond motifs is 6. The Hall–Kier alpha value is -7.98. The van der Waals surface area contributed by atoms with Gasteiger partial charge in [0.2, 0.25) is 0 Å². The number of hydrogen-bond donors (Lipinski definition) is 0. The van der Waals surface area contributed by atoms with Crippen molar-refractivity contribution in [2.45, 2.75) is 0 Å². The lowest BCUT2D eigenvalue weighted by Gasteiger charge is -2.34. The molecule has 0 amide bonds. The number of benzene rings is 10. The van der Waals surface area contributed by atoms with E-state index in [1.54, 1.807) is 0 Å². The van der Waals surface area contributed by atoms with Gasteiger partial charge in [-0.3, -0.25) is 0 Å². The first kappa shape index (κ1) is 36.8. The molecule has 0 aliphatic carbocycles. The van der Waals surface area contributed by atoms with Crippen LogP contribution < -0.4 is 20.7 Å². The third-order valence-corrected chi connectivity index (χ3v) is 17.8. The Morgan fingerprint density at radius 2 is 0.714 bits per heavy atom. The van der Waals surface area contributed by atoms with Crippen LogP contribution >= 0.6 is 0 Å². The van der Waals surface area contributed by atoms with Crippen LogP contribution in [0.2, 0.25) is 0 Å². The fraction of sp³-hybridized carbons (Fsp3) is 0. The molecule has 0 aliphatic rings. The van der Waals surface area contributed by atoms with E-state index in [0.717, 1.165) is 5.69 Å². The van der Waals surface area contributed by atoms with Crippen molar-refractivity contribution in [2.24, 2.45) is 0 Å². The molecule has 0 atom stereocenters. The van der Waals surface area contributed by atoms with Crippen LogP contribution in [0.1, 0.15) is 0 Å². The normalized spacial score (nSPS) is 11.8. The van der Waals surface area contributed by atoms with E-state index >= 15 is 0 Å². The molecule has 0 N–H and O–H groups in total. The molecule has 10 aromatic carbocycles. The van der Waals surface area contributed by atoms with Gasteiger partial charge >= 0.3 is 0 Å². The van der Waals surface area contributed by atoms with Crippen molar-refractivity contribution in [3.8, 4) is 33.6 Å². The quantitative estimate of drug-likeness (QED) is 0.107. The van der Waals surface area contributed by atoms with Gasteiger partial charge in [0.25, 0.3) is 0 Å². The van der Waals surface area contributed by atoms with Crippen LogP contribution in [-0.4, -0.2) is 17.2 Å². The van der Waals surface area contributed by atoms with Gasteiger partial charge in [-0.25, -0.2) is 0 Å². The van der Waals surface area contributed by atoms with Crippen LogP contribution in [-0.2, 0) is 0 Å². The molecule has 296 valence electrons. The molecule has 0 radical (unpaired) electrons. The van der Waals surface area contributed by atoms with Crippen LogP contribution in [0.4, 0.5) is 0 Å². The second kappa shape index (κ2) is 15.2. The summed E-state index contributed by atoms with van der Waals surface area (Å²) in [5.74, 6) is 0. The van der Waals surface area contributed by atoms with E-state index in [2.05, 4.69) is 264 Å². The SMILES string of the molecule is c1ccc(-c2cccc(-c3ccc(-n4c5ccccc5c5c(-n6c7ccccc7c7ccc([Si](c8ccccc8)(c8ccccc8)c8ccccc8)cc76)cccc54)cc3)c2)cc1. The number of rotatable bonds is 8. The molecule has 12 aromatic rings. The zero-order valence-electron chi connectivity index (χ0n) is 34.6. The van der Waals surface area contributed by atoms with Gasteiger partial charge < -0.3 is 9.13 Å². The molecule has 0 aliphatic heterocycles. The molecule has 2 aromatic heterocycles. The Kier molecular flexibility index (Phi) is 8.87. The molecule has 0 fully saturated rings. The molecule has 2 heterocycles. The Morgan fingerprint density at radius 1 is 0.254 bits per heavy atom. The summed E-state index contributed by atoms with van der Waals surface area (Å²) < 4.78 is 4.98. The summed E-state index contributed by atoms with van der Waals surface area (Å²) in [6, 6.07) is 94.2. The summed E-state index contributed by atoms with van der Waals surface area (Å²) in [6.07, 6.45) is 0. The standard InChI is InChI=1S/C60H42N2Si/c1-5-19-43(20-6-1)45-21-17-22-46(41-45)44-35-37-47(38-36-44)61-56-32-16-14-30-54(56)60-57(61)33-18-34-58(60)62-55-31-15-13-29-52(55)53-40-39-51(42-59(53)62)63(48-23-7-2-8-24-48,49-25-9-3-10-26-49)50-27-11-4-12-28-50/h1-42H. The Bertz CT molecular complexity index is 3490. The van der Waals surface area contributed by atoms with Crippen molar-refractivity contribution in [1.82, 2.24) is 9.13 Å². The first-order valence-electron chi connectivity index (χ1n) is 21.8. The van der Waals surface area contributed by atoms with Crippen molar-refractivity contribution in [3.63, 3.8) is 0 Å². The van der Waals surface area contributed by atoms with Gasteiger partial charge in [0.15, 0.2) is 8.07 Å². The zero-order chi connectivity index (χ0) is 41.7. The minimum Gasteiger partial charge on any atom is -0.309 e. The van der Waals surface area contributed by atoms with Gasteiger partial charge in [0.1, 0.15) is 0 Å². The maximum absolute atomic E-state index is 2.79. The Labute approximate surface area is 368 Å². The topological polar surface area (TPSA) is 9.86 Å². The van der Waals surface area contributed by atoms with Crippen LogP contribution in [0.15, 0.2) is 255 Å². The average Bonchev–Trinajstić information content (AvgIpc) is 3.88. The lowest BCUT2D eigenvalue weighted by molar-refractivity contribution is 1.17. The van der Waals surface area contributed by atoms with Crippen LogP contribution in [0.5, 0.6) is 0 Å². The number of nitrogens with zero attached hydrogens (tertiary/aromatic N) is 2. The van der Waals surface area contributed by atoms with Gasteiger partial charge in [-0.05, 0) is 91.5 Å². The van der Waals surface area contributed by atoms with Crippen molar-refractivity contribution in [1.29, 1.82) is 0 Å². The molecule has 63 heavy (non-hydrogen) atoms. The predicted molar refractivity (Wildman–Crippen MR) is 270 cm³/mol. The summed E-state index contributed by atoms with van der Waals surface area (Å²) in [7, 11) is -2.79. The molecule has 0 saturated heterocycles. The first-order chi connectivity index (χ1) is 31.3. The molecule has 2 nitrogen and oxygen atoms in total. The largest absolute Gasteiger partial charge is 0.309 e. The fourth-order valence-electron chi connectivity index (χ4n) is 10.3. The van der Waals surface area contributed by atoms with Crippen LogP contribution in [0.25, 0.3) is 77.2 Å². The lowest BCUT2D eigenvalue weighted by atomic mass is 9.99. The second-order valence-corrected chi connectivity index (χ2v) is 20.3. The fourth-order valence-corrected chi connectivity index (χ4v) is 15.1. The van der Waals surface area contributed by atoms with Gasteiger partial charge in [-0.15, -0.1) is 0 Å². The highest BCUT2D eigenvalue weighted by atomic mass is 28.3. The summed E-state index contributed by atoms with van der Waals surface area (Å²) in [5, 5.41) is 10.4. The zero-order valence-corrected chi connectivity index (χ0v) is 35.6. The van der Waals surface area contributed by atoms with Crippen molar-refractivity contribution in [2.75, 3.05) is 0 Å². The van der Waals surface area contributed by atoms with Crippen LogP contribution in [0, 0.1) is 0 Å². The van der Waals surface area contributed by atoms with Gasteiger partial charge in [0, 0.05) is 27.2 Å². The minimum absolute atomic E-state index is 1.13. The molecular formula is C60H42N2Si. The summed E-state index contributed by atoms with van der Waals surface area (Å²) >= 11 is 0. The molecule has 0 bridgehead atoms. The van der Waals surface area contributed by atoms with Crippen molar-refractivity contribution >= 4 is 72.4 Å². The van der Waals surface area contributed by atoms with E-state index in [1.807, 2.05) is 0 Å². The molecule has 0 unspecified atom stereocenters. The minimum atomic E-state index is -2.79. The van der Waals surface area contributed by atoms with Gasteiger partial charge in [0.05, 0.1) is 27.8 Å². The van der Waals surface area contributed by atoms with E-state index in [4.69, 9.17) is 0 Å². The number of aromatic nitrogens is 2. The third kappa shape index (κ3) is 5.93. The predicted octanol–water partition coefficient (Wildman–Crippen LogP) is 12.6. The molecular weight excluding hydrogens is 777 g/mol. The maximum Gasteiger partial charge on any atom is 0.179 e. The smallest absolute Gasteiger partial charge is 0.179 e. The Balaban J connectivity index is 1.08. The molecule has 0 saturated carbocycles. The maximum atomic E-state index is 2.54. The van der Waals surface area contributed by atoms with E-state index < -0.39 is 8.07 Å².